The van der Waals surface area contributed by atoms with Gasteiger partial charge in [-0.2, -0.15) is 5.26 Å². The van der Waals surface area contributed by atoms with Crippen molar-refractivity contribution < 1.29 is 4.79 Å². The Hall–Kier alpha value is -1.93. The molecule has 1 amide bonds. The highest BCUT2D eigenvalue weighted by molar-refractivity contribution is 7.23. The molecule has 1 saturated carbocycles. The van der Waals surface area contributed by atoms with Crippen LogP contribution in [-0.2, 0) is 11.2 Å². The Kier molecular flexibility index (Phi) is 4.36. The van der Waals surface area contributed by atoms with Crippen molar-refractivity contribution in [3.8, 4) is 6.07 Å². The minimum Gasteiger partial charge on any atom is -0.316 e. The molecule has 0 radical (unpaired) electrons. The molecule has 1 fully saturated rings. The number of fused-ring (bicyclic) bond motifs is 1. The lowest BCUT2D eigenvalue weighted by Crippen LogP contribution is -2.20. The molecule has 1 N–H and O–H groups in total. The van der Waals surface area contributed by atoms with Crippen molar-refractivity contribution >= 4 is 32.5 Å². The van der Waals surface area contributed by atoms with Crippen LogP contribution in [0.15, 0.2) is 0 Å². The Labute approximate surface area is 140 Å². The summed E-state index contributed by atoms with van der Waals surface area (Å²) in [5.41, 5.74) is 3.89. The van der Waals surface area contributed by atoms with Gasteiger partial charge in [-0.1, -0.05) is 31.1 Å². The molecule has 0 atom stereocenters. The van der Waals surface area contributed by atoms with Crippen LogP contribution in [0, 0.1) is 31.1 Å². The molecule has 23 heavy (non-hydrogen) atoms. The van der Waals surface area contributed by atoms with E-state index in [-0.39, 0.29) is 11.8 Å². The molecule has 4 nitrogen and oxygen atoms in total. The van der Waals surface area contributed by atoms with Crippen molar-refractivity contribution in [2.24, 2.45) is 5.92 Å². The van der Waals surface area contributed by atoms with Crippen molar-refractivity contribution in [1.82, 2.24) is 4.98 Å². The van der Waals surface area contributed by atoms with Crippen LogP contribution in [-0.4, -0.2) is 10.9 Å². The number of thiophene rings is 1. The van der Waals surface area contributed by atoms with Crippen LogP contribution in [0.25, 0.3) is 10.2 Å². The molecule has 0 aliphatic heterocycles. The molecule has 1 aliphatic carbocycles. The van der Waals surface area contributed by atoms with Gasteiger partial charge in [0.25, 0.3) is 0 Å². The lowest BCUT2D eigenvalue weighted by Gasteiger charge is -2.09. The van der Waals surface area contributed by atoms with Crippen LogP contribution in [0.3, 0.4) is 0 Å². The van der Waals surface area contributed by atoms with Crippen molar-refractivity contribution in [3.05, 3.63) is 22.4 Å². The van der Waals surface area contributed by atoms with E-state index < -0.39 is 0 Å². The average molecular weight is 327 g/mol. The summed E-state index contributed by atoms with van der Waals surface area (Å²) in [5, 5.41) is 14.2. The Balaban J connectivity index is 2.06. The number of carbonyl (C=O) groups excluding carboxylic acids is 1. The number of nitrogens with one attached hydrogen (secondary N) is 1. The Morgan fingerprint density at radius 1 is 1.39 bits per heavy atom. The smallest absolute Gasteiger partial charge is 0.228 e. The molecular formula is C18H21N3OS. The summed E-state index contributed by atoms with van der Waals surface area (Å²) in [5.74, 6) is 0.143. The van der Waals surface area contributed by atoms with Crippen LogP contribution in [0.4, 0.5) is 5.00 Å². The second kappa shape index (κ2) is 6.29. The van der Waals surface area contributed by atoms with Gasteiger partial charge in [-0.05, 0) is 44.2 Å². The minimum absolute atomic E-state index is 0.0515. The Bertz CT molecular complexity index is 810. The third kappa shape index (κ3) is 2.72. The Morgan fingerprint density at radius 3 is 2.70 bits per heavy atom. The molecule has 0 spiro atoms. The highest BCUT2D eigenvalue weighted by Gasteiger charge is 2.25. The molecule has 2 aromatic rings. The molecule has 0 saturated heterocycles. The molecular weight excluding hydrogens is 306 g/mol. The van der Waals surface area contributed by atoms with Gasteiger partial charge in [0.2, 0.25) is 5.91 Å². The van der Waals surface area contributed by atoms with E-state index in [1.54, 1.807) is 0 Å². The monoisotopic (exact) mass is 327 g/mol. The van der Waals surface area contributed by atoms with Gasteiger partial charge < -0.3 is 5.32 Å². The van der Waals surface area contributed by atoms with Gasteiger partial charge in [0.05, 0.1) is 5.56 Å². The van der Waals surface area contributed by atoms with Gasteiger partial charge >= 0.3 is 0 Å². The maximum Gasteiger partial charge on any atom is 0.228 e. The fraction of sp³-hybridized carbons (Fsp3) is 0.500. The first-order chi connectivity index (χ1) is 11.1. The first-order valence-corrected chi connectivity index (χ1v) is 9.02. The number of nitriles is 1. The molecule has 0 unspecified atom stereocenters. The number of hydrogen-bond donors (Lipinski definition) is 1. The zero-order chi connectivity index (χ0) is 16.6. The lowest BCUT2D eigenvalue weighted by atomic mass is 10.0. The third-order valence-corrected chi connectivity index (χ3v) is 5.85. The van der Waals surface area contributed by atoms with Crippen LogP contribution in [0.1, 0.15) is 55.0 Å². The van der Waals surface area contributed by atoms with E-state index >= 15 is 0 Å². The van der Waals surface area contributed by atoms with E-state index in [4.69, 9.17) is 0 Å². The molecule has 1 aliphatic rings. The highest BCUT2D eigenvalue weighted by Crippen LogP contribution is 2.38. The van der Waals surface area contributed by atoms with Crippen molar-refractivity contribution in [1.29, 1.82) is 5.26 Å². The first kappa shape index (κ1) is 15.9. The van der Waals surface area contributed by atoms with Crippen LogP contribution in [0.2, 0.25) is 0 Å². The first-order valence-electron chi connectivity index (χ1n) is 8.20. The highest BCUT2D eigenvalue weighted by atomic mass is 32.1. The second-order valence-corrected chi connectivity index (χ2v) is 7.22. The zero-order valence-electron chi connectivity index (χ0n) is 13.8. The SMILES string of the molecule is CCc1c(C)nc2sc(NC(=O)C3CCCC3)c(C#N)c2c1C. The summed E-state index contributed by atoms with van der Waals surface area (Å²) in [6.07, 6.45) is 5.04. The lowest BCUT2D eigenvalue weighted by molar-refractivity contribution is -0.119. The molecule has 0 bridgehead atoms. The quantitative estimate of drug-likeness (QED) is 0.904. The summed E-state index contributed by atoms with van der Waals surface area (Å²) in [7, 11) is 0. The number of amides is 1. The summed E-state index contributed by atoms with van der Waals surface area (Å²) >= 11 is 1.42. The zero-order valence-corrected chi connectivity index (χ0v) is 14.6. The fourth-order valence-electron chi connectivity index (χ4n) is 3.61. The number of rotatable bonds is 3. The van der Waals surface area contributed by atoms with E-state index in [1.165, 1.54) is 16.9 Å². The molecule has 5 heteroatoms. The van der Waals surface area contributed by atoms with Crippen LogP contribution in [0.5, 0.6) is 0 Å². The average Bonchev–Trinajstić information content (AvgIpc) is 3.14. The van der Waals surface area contributed by atoms with Gasteiger partial charge in [0.15, 0.2) is 0 Å². The largest absolute Gasteiger partial charge is 0.316 e. The van der Waals surface area contributed by atoms with Gasteiger partial charge in [0.1, 0.15) is 15.9 Å². The van der Waals surface area contributed by atoms with Gasteiger partial charge in [-0.15, -0.1) is 0 Å². The molecule has 0 aromatic carbocycles. The van der Waals surface area contributed by atoms with Gasteiger partial charge in [0, 0.05) is 17.0 Å². The van der Waals surface area contributed by atoms with Crippen LogP contribution < -0.4 is 5.32 Å². The molecule has 3 rings (SSSR count). The number of pyridine rings is 1. The third-order valence-electron chi connectivity index (χ3n) is 4.85. The number of anilines is 1. The number of carbonyl (C=O) groups is 1. The minimum atomic E-state index is 0.0515. The summed E-state index contributed by atoms with van der Waals surface area (Å²) in [6, 6.07) is 2.28. The number of aromatic nitrogens is 1. The topological polar surface area (TPSA) is 65.8 Å². The standard InChI is InChI=1S/C18H21N3OS/c1-4-13-10(2)15-14(9-19)17(23-18(15)20-11(13)3)21-16(22)12-7-5-6-8-12/h12H,4-8H2,1-3H3,(H,21,22). The van der Waals surface area contributed by atoms with Crippen LogP contribution >= 0.6 is 11.3 Å². The van der Waals surface area contributed by atoms with E-state index in [0.717, 1.165) is 53.6 Å². The fourth-order valence-corrected chi connectivity index (χ4v) is 4.74. The maximum absolute atomic E-state index is 12.4. The van der Waals surface area contributed by atoms with Crippen molar-refractivity contribution in [3.63, 3.8) is 0 Å². The van der Waals surface area contributed by atoms with E-state index in [9.17, 15) is 10.1 Å². The Morgan fingerprint density at radius 2 is 2.09 bits per heavy atom. The van der Waals surface area contributed by atoms with Gasteiger partial charge in [-0.25, -0.2) is 4.98 Å². The van der Waals surface area contributed by atoms with E-state index in [2.05, 4.69) is 23.3 Å². The van der Waals surface area contributed by atoms with E-state index in [0.29, 0.717) is 10.6 Å². The predicted octanol–water partition coefficient (Wildman–Crippen LogP) is 4.48. The van der Waals surface area contributed by atoms with E-state index in [1.807, 2.05) is 13.8 Å². The summed E-state index contributed by atoms with van der Waals surface area (Å²) in [4.78, 5) is 17.9. The maximum atomic E-state index is 12.4. The van der Waals surface area contributed by atoms with Crippen molar-refractivity contribution in [2.75, 3.05) is 5.32 Å². The summed E-state index contributed by atoms with van der Waals surface area (Å²) < 4.78 is 0. The number of aryl methyl sites for hydroxylation is 2. The summed E-state index contributed by atoms with van der Waals surface area (Å²) in [6.45, 7) is 6.16. The van der Waals surface area contributed by atoms with Gasteiger partial charge in [-0.3, -0.25) is 4.79 Å². The normalized spacial score (nSPS) is 15.0. The number of hydrogen-bond acceptors (Lipinski definition) is 4. The molecule has 120 valence electrons. The second-order valence-electron chi connectivity index (χ2n) is 6.22. The molecule has 2 heterocycles. The van der Waals surface area contributed by atoms with Crippen molar-refractivity contribution in [2.45, 2.75) is 52.9 Å². The molecule has 2 aromatic heterocycles. The number of nitrogens with zero attached hydrogens (tertiary/aromatic N) is 2. The predicted molar refractivity (Wildman–Crippen MR) is 93.8 cm³/mol.